The second kappa shape index (κ2) is 9.66. The number of benzene rings is 1. The molecule has 0 saturated heterocycles. The Morgan fingerprint density at radius 2 is 1.86 bits per heavy atom. The molecule has 0 amide bonds. The van der Waals surface area contributed by atoms with Crippen LogP contribution in [-0.4, -0.2) is 37.4 Å². The number of rotatable bonds is 8. The summed E-state index contributed by atoms with van der Waals surface area (Å²) in [5, 5.41) is 18.7. The third-order valence-corrected chi connectivity index (χ3v) is 5.08. The zero-order valence-electron chi connectivity index (χ0n) is 16.7. The van der Waals surface area contributed by atoms with E-state index in [0.29, 0.717) is 5.56 Å². The van der Waals surface area contributed by atoms with Gasteiger partial charge in [-0.1, -0.05) is 18.2 Å². The SMILES string of the molecule is CCOC(=O)c1ccc(C(CC(C(=O)OC)C(C#N)C#N)C2(C)C=CC=N2)cc1. The lowest BCUT2D eigenvalue weighted by atomic mass is 9.73. The van der Waals surface area contributed by atoms with Gasteiger partial charge in [0.1, 0.15) is 5.92 Å². The van der Waals surface area contributed by atoms with Gasteiger partial charge in [-0.25, -0.2) is 4.79 Å². The maximum absolute atomic E-state index is 12.3. The van der Waals surface area contributed by atoms with Gasteiger partial charge in [0.15, 0.2) is 0 Å². The fourth-order valence-corrected chi connectivity index (χ4v) is 3.45. The number of carbonyl (C=O) groups is 2. The van der Waals surface area contributed by atoms with Crippen molar-refractivity contribution in [1.82, 2.24) is 0 Å². The van der Waals surface area contributed by atoms with E-state index in [1.165, 1.54) is 7.11 Å². The highest BCUT2D eigenvalue weighted by molar-refractivity contribution is 5.89. The number of hydrogen-bond acceptors (Lipinski definition) is 7. The van der Waals surface area contributed by atoms with Gasteiger partial charge < -0.3 is 9.47 Å². The van der Waals surface area contributed by atoms with Gasteiger partial charge in [0.05, 0.1) is 42.9 Å². The van der Waals surface area contributed by atoms with E-state index in [4.69, 9.17) is 9.47 Å². The molecule has 3 unspecified atom stereocenters. The average Bonchev–Trinajstić information content (AvgIpc) is 3.18. The number of nitrogens with zero attached hydrogens (tertiary/aromatic N) is 3. The van der Waals surface area contributed by atoms with Crippen LogP contribution in [0, 0.1) is 34.5 Å². The van der Waals surface area contributed by atoms with E-state index in [1.807, 2.05) is 31.2 Å². The van der Waals surface area contributed by atoms with Gasteiger partial charge in [-0.05, 0) is 44.0 Å². The maximum Gasteiger partial charge on any atom is 0.338 e. The number of hydrogen-bond donors (Lipinski definition) is 0. The largest absolute Gasteiger partial charge is 0.469 e. The van der Waals surface area contributed by atoms with E-state index in [9.17, 15) is 20.1 Å². The van der Waals surface area contributed by atoms with Crippen LogP contribution in [0.25, 0.3) is 0 Å². The minimum atomic E-state index is -1.14. The lowest BCUT2D eigenvalue weighted by Crippen LogP contribution is -2.33. The molecule has 1 aliphatic rings. The topological polar surface area (TPSA) is 113 Å². The van der Waals surface area contributed by atoms with Crippen molar-refractivity contribution in [3.63, 3.8) is 0 Å². The van der Waals surface area contributed by atoms with E-state index < -0.39 is 29.3 Å². The first-order chi connectivity index (χ1) is 13.9. The maximum atomic E-state index is 12.3. The Hall–Kier alpha value is -3.45. The van der Waals surface area contributed by atoms with Crippen molar-refractivity contribution in [2.75, 3.05) is 13.7 Å². The molecule has 0 fully saturated rings. The first kappa shape index (κ1) is 21.8. The van der Waals surface area contributed by atoms with Crippen LogP contribution in [0.2, 0.25) is 0 Å². The normalized spacial score (nSPS) is 19.2. The number of aliphatic imine (C=N–C) groups is 1. The molecule has 1 heterocycles. The number of allylic oxidation sites excluding steroid dienone is 1. The molecule has 150 valence electrons. The third kappa shape index (κ3) is 4.89. The lowest BCUT2D eigenvalue weighted by molar-refractivity contribution is -0.146. The van der Waals surface area contributed by atoms with Crippen LogP contribution in [0.3, 0.4) is 0 Å². The predicted octanol–water partition coefficient (Wildman–Crippen LogP) is 3.19. The minimum Gasteiger partial charge on any atom is -0.469 e. The molecule has 1 aromatic carbocycles. The molecule has 29 heavy (non-hydrogen) atoms. The zero-order chi connectivity index (χ0) is 21.4. The van der Waals surface area contributed by atoms with Crippen molar-refractivity contribution in [3.8, 4) is 12.1 Å². The molecule has 0 spiro atoms. The van der Waals surface area contributed by atoms with Crippen LogP contribution in [0.4, 0.5) is 0 Å². The van der Waals surface area contributed by atoms with E-state index in [-0.39, 0.29) is 18.9 Å². The number of carbonyl (C=O) groups excluding carboxylic acids is 2. The Kier molecular flexibility index (Phi) is 7.27. The van der Waals surface area contributed by atoms with Crippen LogP contribution < -0.4 is 0 Å². The first-order valence-electron chi connectivity index (χ1n) is 9.27. The van der Waals surface area contributed by atoms with E-state index in [2.05, 4.69) is 4.99 Å². The van der Waals surface area contributed by atoms with Crippen molar-refractivity contribution < 1.29 is 19.1 Å². The Bertz CT molecular complexity index is 864. The molecule has 1 aliphatic heterocycles. The highest BCUT2D eigenvalue weighted by atomic mass is 16.5. The monoisotopic (exact) mass is 393 g/mol. The summed E-state index contributed by atoms with van der Waals surface area (Å²) in [5.74, 6) is -3.41. The van der Waals surface area contributed by atoms with Gasteiger partial charge in [-0.15, -0.1) is 0 Å². The average molecular weight is 393 g/mol. The van der Waals surface area contributed by atoms with Crippen LogP contribution in [0.5, 0.6) is 0 Å². The number of nitriles is 2. The summed E-state index contributed by atoms with van der Waals surface area (Å²) < 4.78 is 9.86. The molecule has 0 aromatic heterocycles. The van der Waals surface area contributed by atoms with Crippen LogP contribution in [-0.2, 0) is 14.3 Å². The van der Waals surface area contributed by atoms with Crippen molar-refractivity contribution in [3.05, 3.63) is 47.5 Å². The van der Waals surface area contributed by atoms with Crippen LogP contribution in [0.1, 0.15) is 42.1 Å². The molecule has 0 radical (unpaired) electrons. The molecule has 0 bridgehead atoms. The number of ether oxygens (including phenoxy) is 2. The Balaban J connectivity index is 2.43. The summed E-state index contributed by atoms with van der Waals surface area (Å²) in [4.78, 5) is 28.8. The van der Waals surface area contributed by atoms with Crippen molar-refractivity contribution in [2.45, 2.75) is 31.7 Å². The molecule has 0 N–H and O–H groups in total. The predicted molar refractivity (Wildman–Crippen MR) is 106 cm³/mol. The van der Waals surface area contributed by atoms with Gasteiger partial charge in [-0.3, -0.25) is 9.79 Å². The van der Waals surface area contributed by atoms with Gasteiger partial charge in [-0.2, -0.15) is 10.5 Å². The quantitative estimate of drug-likeness (QED) is 0.627. The molecule has 0 saturated carbocycles. The minimum absolute atomic E-state index is 0.190. The van der Waals surface area contributed by atoms with Gasteiger partial charge in [0, 0.05) is 12.1 Å². The summed E-state index contributed by atoms with van der Waals surface area (Å²) in [6.07, 6.45) is 5.60. The summed E-state index contributed by atoms with van der Waals surface area (Å²) in [5.41, 5.74) is 0.585. The van der Waals surface area contributed by atoms with Crippen molar-refractivity contribution >= 4 is 18.2 Å². The standard InChI is InChI=1S/C22H23N3O4/c1-4-29-20(26)16-8-6-15(7-9-16)19(22(2)10-5-11-25-22)12-18(21(27)28-3)17(13-23)14-24/h5-11,17-19H,4,12H2,1-3H3. The molecule has 3 atom stereocenters. The Labute approximate surface area is 170 Å². The summed E-state index contributed by atoms with van der Waals surface area (Å²) >= 11 is 0. The van der Waals surface area contributed by atoms with Gasteiger partial charge in [0.2, 0.25) is 0 Å². The lowest BCUT2D eigenvalue weighted by Gasteiger charge is -2.33. The second-order valence-corrected chi connectivity index (χ2v) is 6.86. The van der Waals surface area contributed by atoms with Crippen molar-refractivity contribution in [2.24, 2.45) is 16.8 Å². The Morgan fingerprint density at radius 1 is 1.21 bits per heavy atom. The van der Waals surface area contributed by atoms with Crippen LogP contribution in [0.15, 0.2) is 41.4 Å². The second-order valence-electron chi connectivity index (χ2n) is 6.86. The van der Waals surface area contributed by atoms with Crippen LogP contribution >= 0.6 is 0 Å². The van der Waals surface area contributed by atoms with E-state index in [0.717, 1.165) is 5.56 Å². The molecule has 2 rings (SSSR count). The van der Waals surface area contributed by atoms with Gasteiger partial charge in [0.25, 0.3) is 0 Å². The summed E-state index contributed by atoms with van der Waals surface area (Å²) in [6.45, 7) is 3.94. The highest BCUT2D eigenvalue weighted by Gasteiger charge is 2.40. The fourth-order valence-electron chi connectivity index (χ4n) is 3.45. The number of methoxy groups -OCH3 is 1. The first-order valence-corrected chi connectivity index (χ1v) is 9.27. The molecule has 1 aromatic rings. The summed E-state index contributed by atoms with van der Waals surface area (Å²) in [7, 11) is 1.24. The highest BCUT2D eigenvalue weighted by Crippen LogP contribution is 2.41. The Morgan fingerprint density at radius 3 is 2.34 bits per heavy atom. The van der Waals surface area contributed by atoms with E-state index in [1.54, 1.807) is 37.4 Å². The smallest absolute Gasteiger partial charge is 0.338 e. The third-order valence-electron chi connectivity index (χ3n) is 5.08. The number of esters is 2. The summed E-state index contributed by atoms with van der Waals surface area (Å²) in [6, 6.07) is 10.7. The molecule has 0 aliphatic carbocycles. The zero-order valence-corrected chi connectivity index (χ0v) is 16.7. The molecule has 7 heteroatoms. The molecular formula is C22H23N3O4. The van der Waals surface area contributed by atoms with E-state index >= 15 is 0 Å². The van der Waals surface area contributed by atoms with Gasteiger partial charge >= 0.3 is 11.9 Å². The molecular weight excluding hydrogens is 370 g/mol. The van der Waals surface area contributed by atoms with Crippen molar-refractivity contribution in [1.29, 1.82) is 10.5 Å². The fraction of sp³-hybridized carbons (Fsp3) is 0.409. The molecule has 7 nitrogen and oxygen atoms in total.